The average Bonchev–Trinajstić information content (AvgIpc) is 3.33. The second kappa shape index (κ2) is 8.36. The molecule has 0 spiro atoms. The molecule has 1 aliphatic rings. The summed E-state index contributed by atoms with van der Waals surface area (Å²) in [5, 5.41) is 0.356. The van der Waals surface area contributed by atoms with Crippen molar-refractivity contribution < 1.29 is 13.6 Å². The van der Waals surface area contributed by atoms with Crippen LogP contribution in [-0.2, 0) is 17.9 Å². The van der Waals surface area contributed by atoms with Crippen LogP contribution in [0.4, 0.5) is 8.78 Å². The first-order valence-electron chi connectivity index (χ1n) is 10.4. The van der Waals surface area contributed by atoms with Gasteiger partial charge in [-0.3, -0.25) is 4.79 Å². The lowest BCUT2D eigenvalue weighted by Gasteiger charge is -2.18. The van der Waals surface area contributed by atoms with Crippen LogP contribution in [0, 0.1) is 11.6 Å². The summed E-state index contributed by atoms with van der Waals surface area (Å²) in [5.74, 6) is -0.0650. The van der Waals surface area contributed by atoms with E-state index in [1.165, 1.54) is 18.2 Å². The molecule has 1 aliphatic heterocycles. The van der Waals surface area contributed by atoms with Crippen LogP contribution in [0.2, 0.25) is 5.02 Å². The number of fused-ring (bicyclic) bond motifs is 1. The summed E-state index contributed by atoms with van der Waals surface area (Å²) in [6.45, 7) is 1.13. The number of aromatic nitrogens is 2. The number of benzene rings is 3. The molecule has 1 fully saturated rings. The van der Waals surface area contributed by atoms with E-state index in [2.05, 4.69) is 0 Å². The molecule has 0 unspecified atom stereocenters. The Hall–Kier alpha value is -3.25. The molecular formula is C25H20ClF2N3O. The molecule has 4 aromatic rings. The number of para-hydroxylation sites is 2. The molecule has 1 atom stereocenters. The van der Waals surface area contributed by atoms with Gasteiger partial charge in [-0.25, -0.2) is 13.8 Å². The van der Waals surface area contributed by atoms with Gasteiger partial charge in [0.1, 0.15) is 17.5 Å². The van der Waals surface area contributed by atoms with Crippen LogP contribution in [0.25, 0.3) is 11.0 Å². The topological polar surface area (TPSA) is 38.1 Å². The molecule has 0 N–H and O–H groups in total. The third-order valence-corrected chi connectivity index (χ3v) is 6.28. The van der Waals surface area contributed by atoms with Crippen molar-refractivity contribution >= 4 is 28.5 Å². The fourth-order valence-electron chi connectivity index (χ4n) is 4.32. The molecule has 32 heavy (non-hydrogen) atoms. The number of likely N-dealkylation sites (tertiary alicyclic amines) is 1. The van der Waals surface area contributed by atoms with E-state index >= 15 is 0 Å². The minimum atomic E-state index is -0.373. The smallest absolute Gasteiger partial charge is 0.223 e. The Morgan fingerprint density at radius 2 is 1.75 bits per heavy atom. The number of hydrogen-bond donors (Lipinski definition) is 0. The fourth-order valence-corrected chi connectivity index (χ4v) is 4.54. The highest BCUT2D eigenvalue weighted by Crippen LogP contribution is 2.33. The highest BCUT2D eigenvalue weighted by atomic mass is 35.5. The highest BCUT2D eigenvalue weighted by Gasteiger charge is 2.34. The summed E-state index contributed by atoms with van der Waals surface area (Å²) in [7, 11) is 0. The third-order valence-electron chi connectivity index (χ3n) is 5.93. The Kier molecular flexibility index (Phi) is 5.39. The maximum absolute atomic E-state index is 14.5. The Balaban J connectivity index is 1.48. The molecule has 7 heteroatoms. The molecule has 4 nitrogen and oxygen atoms in total. The monoisotopic (exact) mass is 451 g/mol. The van der Waals surface area contributed by atoms with Gasteiger partial charge in [-0.05, 0) is 42.0 Å². The average molecular weight is 452 g/mol. The van der Waals surface area contributed by atoms with Crippen LogP contribution in [0.15, 0.2) is 66.7 Å². The van der Waals surface area contributed by atoms with Crippen molar-refractivity contribution in [2.24, 2.45) is 0 Å². The molecule has 0 bridgehead atoms. The predicted molar refractivity (Wildman–Crippen MR) is 119 cm³/mol. The highest BCUT2D eigenvalue weighted by molar-refractivity contribution is 6.31. The summed E-state index contributed by atoms with van der Waals surface area (Å²) in [6, 6.07) is 18.5. The van der Waals surface area contributed by atoms with Gasteiger partial charge in [0.25, 0.3) is 0 Å². The van der Waals surface area contributed by atoms with Crippen molar-refractivity contribution in [3.63, 3.8) is 0 Å². The zero-order chi connectivity index (χ0) is 22.2. The van der Waals surface area contributed by atoms with E-state index in [-0.39, 0.29) is 30.0 Å². The zero-order valence-electron chi connectivity index (χ0n) is 17.1. The van der Waals surface area contributed by atoms with Crippen LogP contribution in [-0.4, -0.2) is 26.9 Å². The largest absolute Gasteiger partial charge is 0.338 e. The van der Waals surface area contributed by atoms with Gasteiger partial charge in [0.05, 0.1) is 17.6 Å². The molecule has 0 aliphatic carbocycles. The third kappa shape index (κ3) is 3.86. The quantitative estimate of drug-likeness (QED) is 0.400. The number of nitrogens with zero attached hydrogens (tertiary/aromatic N) is 3. The maximum atomic E-state index is 14.5. The zero-order valence-corrected chi connectivity index (χ0v) is 17.9. The standard InChI is InChI=1S/C25H20ClF2N3O/c26-20-4-3-5-21(28)19(20)15-31-23-7-2-1-6-22(23)29-25(31)17-12-24(32)30(14-17)13-16-8-10-18(27)11-9-16/h1-11,17H,12-15H2/t17-/m1/s1. The summed E-state index contributed by atoms with van der Waals surface area (Å²) in [5.41, 5.74) is 2.92. The van der Waals surface area contributed by atoms with Gasteiger partial charge in [-0.15, -0.1) is 0 Å². The summed E-state index contributed by atoms with van der Waals surface area (Å²) >= 11 is 6.29. The number of halogens is 3. The minimum absolute atomic E-state index is 0.0156. The Morgan fingerprint density at radius 1 is 0.969 bits per heavy atom. The van der Waals surface area contributed by atoms with E-state index in [0.717, 1.165) is 22.4 Å². The molecule has 1 aromatic heterocycles. The predicted octanol–water partition coefficient (Wildman–Crippen LogP) is 5.53. The number of carbonyl (C=O) groups excluding carboxylic acids is 1. The van der Waals surface area contributed by atoms with Crippen LogP contribution >= 0.6 is 11.6 Å². The molecule has 0 radical (unpaired) electrons. The normalized spacial score (nSPS) is 16.3. The van der Waals surface area contributed by atoms with E-state index in [1.54, 1.807) is 29.2 Å². The summed E-state index contributed by atoms with van der Waals surface area (Å²) in [6.07, 6.45) is 0.315. The Labute approximate surface area is 189 Å². The number of rotatable bonds is 5. The Bertz CT molecular complexity index is 1280. The van der Waals surface area contributed by atoms with Crippen molar-refractivity contribution in [3.05, 3.63) is 100 Å². The van der Waals surface area contributed by atoms with Gasteiger partial charge in [0.15, 0.2) is 0 Å². The van der Waals surface area contributed by atoms with Gasteiger partial charge in [-0.2, -0.15) is 0 Å². The first kappa shape index (κ1) is 20.6. The number of hydrogen-bond acceptors (Lipinski definition) is 2. The molecule has 162 valence electrons. The lowest BCUT2D eigenvalue weighted by atomic mass is 10.1. The Morgan fingerprint density at radius 3 is 2.53 bits per heavy atom. The molecule has 2 heterocycles. The first-order chi connectivity index (χ1) is 15.5. The molecule has 3 aromatic carbocycles. The van der Waals surface area contributed by atoms with E-state index in [0.29, 0.717) is 30.1 Å². The second-order valence-corrected chi connectivity index (χ2v) is 8.45. The van der Waals surface area contributed by atoms with E-state index in [4.69, 9.17) is 16.6 Å². The van der Waals surface area contributed by atoms with Crippen LogP contribution in [0.5, 0.6) is 0 Å². The maximum Gasteiger partial charge on any atom is 0.223 e. The fraction of sp³-hybridized carbons (Fsp3) is 0.200. The van der Waals surface area contributed by atoms with Gasteiger partial charge in [-0.1, -0.05) is 41.9 Å². The summed E-state index contributed by atoms with van der Waals surface area (Å²) < 4.78 is 29.7. The van der Waals surface area contributed by atoms with Gasteiger partial charge < -0.3 is 9.47 Å². The minimum Gasteiger partial charge on any atom is -0.338 e. The number of imidazole rings is 1. The molecule has 0 saturated carbocycles. The van der Waals surface area contributed by atoms with Crippen molar-refractivity contribution in [3.8, 4) is 0 Å². The second-order valence-electron chi connectivity index (χ2n) is 8.05. The molecule has 1 amide bonds. The van der Waals surface area contributed by atoms with Crippen LogP contribution in [0.3, 0.4) is 0 Å². The lowest BCUT2D eigenvalue weighted by molar-refractivity contribution is -0.128. The number of amides is 1. The summed E-state index contributed by atoms with van der Waals surface area (Å²) in [4.78, 5) is 19.3. The first-order valence-corrected chi connectivity index (χ1v) is 10.8. The lowest BCUT2D eigenvalue weighted by Crippen LogP contribution is -2.24. The van der Waals surface area contributed by atoms with E-state index < -0.39 is 0 Å². The van der Waals surface area contributed by atoms with Gasteiger partial charge >= 0.3 is 0 Å². The van der Waals surface area contributed by atoms with Crippen molar-refractivity contribution in [2.45, 2.75) is 25.4 Å². The van der Waals surface area contributed by atoms with Crippen molar-refractivity contribution in [2.75, 3.05) is 6.54 Å². The van der Waals surface area contributed by atoms with E-state index in [1.807, 2.05) is 28.8 Å². The van der Waals surface area contributed by atoms with Gasteiger partial charge in [0, 0.05) is 36.0 Å². The van der Waals surface area contributed by atoms with Crippen molar-refractivity contribution in [1.82, 2.24) is 14.5 Å². The van der Waals surface area contributed by atoms with Crippen molar-refractivity contribution in [1.29, 1.82) is 0 Å². The SMILES string of the molecule is O=C1C[C@@H](c2nc3ccccc3n2Cc2c(F)cccc2Cl)CN1Cc1ccc(F)cc1. The molecule has 1 saturated heterocycles. The molecule has 5 rings (SSSR count). The van der Waals surface area contributed by atoms with Crippen LogP contribution < -0.4 is 0 Å². The number of carbonyl (C=O) groups is 1. The van der Waals surface area contributed by atoms with E-state index in [9.17, 15) is 13.6 Å². The van der Waals surface area contributed by atoms with Crippen LogP contribution in [0.1, 0.15) is 29.3 Å². The van der Waals surface area contributed by atoms with Gasteiger partial charge in [0.2, 0.25) is 5.91 Å². The molecular weight excluding hydrogens is 432 g/mol.